The highest BCUT2D eigenvalue weighted by atomic mass is 35.5. The van der Waals surface area contributed by atoms with Crippen LogP contribution in [-0.4, -0.2) is 51.7 Å². The van der Waals surface area contributed by atoms with E-state index in [0.717, 1.165) is 4.40 Å². The lowest BCUT2D eigenvalue weighted by Crippen LogP contribution is -2.46. The van der Waals surface area contributed by atoms with Crippen LogP contribution in [0.1, 0.15) is 60.3 Å². The molecular weight excluding hydrogens is 485 g/mol. The minimum atomic E-state index is -4.78. The molecule has 2 fully saturated rings. The summed E-state index contributed by atoms with van der Waals surface area (Å²) in [6, 6.07) is 2.43. The third kappa shape index (κ3) is 5.46. The Morgan fingerprint density at radius 3 is 2.47 bits per heavy atom. The number of aliphatic hydroxyl groups is 1. The standard InChI is InChI=1S/C22H25ClF5N3O3/c23-16-10-14(19(32)29-12-20(33)5-7-34-8-6-20)11-17-30-18(22(26,27)28)15(31(16)17)9-13-1-3-21(24,25)4-2-13/h10-11,13,33H,1-9,12H2,(H,29,32). The number of hydrogen-bond acceptors (Lipinski definition) is 4. The molecular formula is C22H25ClF5N3O3. The first-order valence-corrected chi connectivity index (χ1v) is 11.5. The molecule has 3 heterocycles. The third-order valence-corrected chi connectivity index (χ3v) is 6.90. The number of amides is 1. The highest BCUT2D eigenvalue weighted by molar-refractivity contribution is 6.30. The Labute approximate surface area is 197 Å². The van der Waals surface area contributed by atoms with Gasteiger partial charge in [0.05, 0.1) is 11.3 Å². The lowest BCUT2D eigenvalue weighted by molar-refractivity contribution is -0.141. The molecule has 1 saturated carbocycles. The first kappa shape index (κ1) is 25.1. The molecule has 1 aliphatic carbocycles. The quantitative estimate of drug-likeness (QED) is 0.454. The fourth-order valence-corrected chi connectivity index (χ4v) is 4.89. The van der Waals surface area contributed by atoms with E-state index in [-0.39, 0.29) is 66.6 Å². The molecule has 0 aromatic carbocycles. The van der Waals surface area contributed by atoms with Crippen molar-refractivity contribution in [3.63, 3.8) is 0 Å². The minimum absolute atomic E-state index is 0.00394. The van der Waals surface area contributed by atoms with Crippen molar-refractivity contribution in [1.29, 1.82) is 0 Å². The molecule has 2 aliphatic rings. The zero-order chi connectivity index (χ0) is 24.7. The Kier molecular flexibility index (Phi) is 6.82. The van der Waals surface area contributed by atoms with Crippen LogP contribution in [0.15, 0.2) is 12.1 Å². The summed E-state index contributed by atoms with van der Waals surface area (Å²) in [5, 5.41) is 12.9. The number of halogens is 6. The SMILES string of the molecule is O=C(NCC1(O)CCOCC1)c1cc(Cl)n2c(CC3CCC(F)(F)CC3)c(C(F)(F)F)nc2c1. The number of rotatable bonds is 5. The Morgan fingerprint density at radius 2 is 1.85 bits per heavy atom. The number of aromatic nitrogens is 2. The number of hydrogen-bond donors (Lipinski definition) is 2. The predicted molar refractivity (Wildman–Crippen MR) is 113 cm³/mol. The maximum Gasteiger partial charge on any atom is 0.435 e. The number of nitrogens with zero attached hydrogens (tertiary/aromatic N) is 2. The normalized spacial score (nSPS) is 21.0. The monoisotopic (exact) mass is 509 g/mol. The highest BCUT2D eigenvalue weighted by Gasteiger charge is 2.41. The Bertz CT molecular complexity index is 1060. The van der Waals surface area contributed by atoms with Crippen LogP contribution in [0.4, 0.5) is 22.0 Å². The molecule has 0 spiro atoms. The van der Waals surface area contributed by atoms with Crippen LogP contribution >= 0.6 is 11.6 Å². The van der Waals surface area contributed by atoms with Gasteiger partial charge >= 0.3 is 6.18 Å². The molecule has 188 valence electrons. The molecule has 0 unspecified atom stereocenters. The van der Waals surface area contributed by atoms with E-state index >= 15 is 0 Å². The van der Waals surface area contributed by atoms with Crippen molar-refractivity contribution < 1.29 is 36.6 Å². The van der Waals surface area contributed by atoms with Crippen LogP contribution in [0, 0.1) is 5.92 Å². The van der Waals surface area contributed by atoms with Crippen molar-refractivity contribution in [2.45, 2.75) is 62.6 Å². The molecule has 1 amide bonds. The molecule has 2 aromatic heterocycles. The number of carbonyl (C=O) groups excluding carboxylic acids is 1. The second kappa shape index (κ2) is 9.23. The van der Waals surface area contributed by atoms with Gasteiger partial charge in [-0.15, -0.1) is 0 Å². The van der Waals surface area contributed by atoms with Crippen molar-refractivity contribution in [1.82, 2.24) is 14.7 Å². The number of pyridine rings is 1. The predicted octanol–water partition coefficient (Wildman–Crippen LogP) is 4.65. The van der Waals surface area contributed by atoms with Gasteiger partial charge in [0.25, 0.3) is 5.91 Å². The molecule has 0 atom stereocenters. The van der Waals surface area contributed by atoms with E-state index in [4.69, 9.17) is 16.3 Å². The third-order valence-electron chi connectivity index (χ3n) is 6.62. The summed E-state index contributed by atoms with van der Waals surface area (Å²) < 4.78 is 74.6. The van der Waals surface area contributed by atoms with Crippen molar-refractivity contribution in [3.05, 3.63) is 34.2 Å². The first-order valence-electron chi connectivity index (χ1n) is 11.1. The average Bonchev–Trinajstić information content (AvgIpc) is 3.13. The molecule has 0 radical (unpaired) electrons. The summed E-state index contributed by atoms with van der Waals surface area (Å²) in [6.45, 7) is 0.678. The maximum absolute atomic E-state index is 13.8. The van der Waals surface area contributed by atoms with Gasteiger partial charge < -0.3 is 15.2 Å². The molecule has 6 nitrogen and oxygen atoms in total. The van der Waals surface area contributed by atoms with Crippen LogP contribution in [0.25, 0.3) is 5.65 Å². The van der Waals surface area contributed by atoms with E-state index in [9.17, 15) is 31.9 Å². The van der Waals surface area contributed by atoms with Crippen molar-refractivity contribution in [2.75, 3.05) is 19.8 Å². The maximum atomic E-state index is 13.8. The summed E-state index contributed by atoms with van der Waals surface area (Å²) in [5.74, 6) is -3.77. The van der Waals surface area contributed by atoms with Crippen LogP contribution in [0.3, 0.4) is 0 Å². The summed E-state index contributed by atoms with van der Waals surface area (Å²) >= 11 is 6.30. The summed E-state index contributed by atoms with van der Waals surface area (Å²) in [7, 11) is 0. The van der Waals surface area contributed by atoms with E-state index in [0.29, 0.717) is 26.1 Å². The summed E-state index contributed by atoms with van der Waals surface area (Å²) in [4.78, 5) is 16.4. The summed E-state index contributed by atoms with van der Waals surface area (Å²) in [6.07, 6.45) is -4.73. The number of ether oxygens (including phenoxy) is 1. The van der Waals surface area contributed by atoms with Crippen LogP contribution in [-0.2, 0) is 17.3 Å². The van der Waals surface area contributed by atoms with E-state index in [1.807, 2.05) is 0 Å². The molecule has 2 aromatic rings. The zero-order valence-electron chi connectivity index (χ0n) is 18.2. The number of carbonyl (C=O) groups is 1. The van der Waals surface area contributed by atoms with E-state index in [2.05, 4.69) is 10.3 Å². The van der Waals surface area contributed by atoms with Crippen LogP contribution < -0.4 is 5.32 Å². The van der Waals surface area contributed by atoms with Gasteiger partial charge in [0.2, 0.25) is 5.92 Å². The Hall–Kier alpha value is -1.98. The van der Waals surface area contributed by atoms with Gasteiger partial charge in [-0.2, -0.15) is 13.2 Å². The number of alkyl halides is 5. The van der Waals surface area contributed by atoms with Crippen molar-refractivity contribution >= 4 is 23.2 Å². The largest absolute Gasteiger partial charge is 0.435 e. The summed E-state index contributed by atoms with van der Waals surface area (Å²) in [5.41, 5.74) is -2.63. The van der Waals surface area contributed by atoms with Crippen LogP contribution in [0.2, 0.25) is 5.15 Å². The molecule has 2 N–H and O–H groups in total. The minimum Gasteiger partial charge on any atom is -0.388 e. The van der Waals surface area contributed by atoms with Crippen molar-refractivity contribution in [2.24, 2.45) is 5.92 Å². The van der Waals surface area contributed by atoms with Gasteiger partial charge in [0.15, 0.2) is 5.69 Å². The topological polar surface area (TPSA) is 75.9 Å². The molecule has 34 heavy (non-hydrogen) atoms. The fraction of sp³-hybridized carbons (Fsp3) is 0.636. The number of nitrogens with one attached hydrogen (secondary N) is 1. The second-order valence-corrected chi connectivity index (χ2v) is 9.58. The van der Waals surface area contributed by atoms with Gasteiger partial charge in [-0.25, -0.2) is 13.8 Å². The molecule has 12 heteroatoms. The molecule has 4 rings (SSSR count). The van der Waals surface area contributed by atoms with E-state index in [1.54, 1.807) is 0 Å². The lowest BCUT2D eigenvalue weighted by Gasteiger charge is -2.32. The lowest BCUT2D eigenvalue weighted by atomic mass is 9.83. The van der Waals surface area contributed by atoms with E-state index < -0.39 is 29.3 Å². The van der Waals surface area contributed by atoms with Gasteiger partial charge in [0.1, 0.15) is 10.8 Å². The highest BCUT2D eigenvalue weighted by Crippen LogP contribution is 2.40. The number of imidazole rings is 1. The number of fused-ring (bicyclic) bond motifs is 1. The van der Waals surface area contributed by atoms with Gasteiger partial charge in [-0.1, -0.05) is 11.6 Å². The fourth-order valence-electron chi connectivity index (χ4n) is 4.58. The Morgan fingerprint density at radius 1 is 1.21 bits per heavy atom. The van der Waals surface area contributed by atoms with Crippen LogP contribution in [0.5, 0.6) is 0 Å². The molecule has 0 bridgehead atoms. The molecule has 1 aliphatic heterocycles. The first-order chi connectivity index (χ1) is 15.9. The second-order valence-electron chi connectivity index (χ2n) is 9.19. The molecule has 1 saturated heterocycles. The van der Waals surface area contributed by atoms with Gasteiger partial charge in [0, 0.05) is 51.0 Å². The smallest absolute Gasteiger partial charge is 0.388 e. The van der Waals surface area contributed by atoms with Gasteiger partial charge in [-0.05, 0) is 37.3 Å². The zero-order valence-corrected chi connectivity index (χ0v) is 19.0. The van der Waals surface area contributed by atoms with E-state index in [1.165, 1.54) is 12.1 Å². The van der Waals surface area contributed by atoms with Crippen molar-refractivity contribution in [3.8, 4) is 0 Å². The Balaban J connectivity index is 1.60. The average molecular weight is 510 g/mol. The van der Waals surface area contributed by atoms with Gasteiger partial charge in [-0.3, -0.25) is 9.20 Å².